The maximum atomic E-state index is 13.9. The Morgan fingerprint density at radius 3 is 2.85 bits per heavy atom. The van der Waals surface area contributed by atoms with Gasteiger partial charge in [-0.15, -0.1) is 0 Å². The quantitative estimate of drug-likeness (QED) is 0.705. The molecule has 4 rings (SSSR count). The fraction of sp³-hybridized carbons (Fsp3) is 0.421. The molecule has 0 saturated heterocycles. The van der Waals surface area contributed by atoms with Crippen LogP contribution in [0.15, 0.2) is 29.2 Å². The molecule has 1 aromatic carbocycles. The van der Waals surface area contributed by atoms with Crippen molar-refractivity contribution in [1.29, 1.82) is 0 Å². The summed E-state index contributed by atoms with van der Waals surface area (Å²) in [5.41, 5.74) is 1.26. The van der Waals surface area contributed by atoms with Crippen LogP contribution in [0.4, 0.5) is 10.1 Å². The molecule has 3 heterocycles. The average Bonchev–Trinajstić information content (AvgIpc) is 3.08. The van der Waals surface area contributed by atoms with Crippen molar-refractivity contribution >= 4 is 11.2 Å². The van der Waals surface area contributed by atoms with Crippen LogP contribution in [-0.4, -0.2) is 32.3 Å². The zero-order valence-corrected chi connectivity index (χ0v) is 15.6. The standard InChI is InChI=1S/C19H22FN5O2/c1-4-27-16-9-13(5-6-14(16)20)23-7-8-24-17(11-23)22-25-15(19(24)26)10-21-18(25)12(2)3/h5-6,9-10,12H,4,7-8,11H2,1-3H3. The molecule has 0 bridgehead atoms. The summed E-state index contributed by atoms with van der Waals surface area (Å²) in [7, 11) is 0. The van der Waals surface area contributed by atoms with E-state index >= 15 is 0 Å². The normalized spacial score (nSPS) is 14.0. The van der Waals surface area contributed by atoms with E-state index < -0.39 is 0 Å². The summed E-state index contributed by atoms with van der Waals surface area (Å²) in [5, 5.41) is 4.68. The van der Waals surface area contributed by atoms with Gasteiger partial charge >= 0.3 is 0 Å². The van der Waals surface area contributed by atoms with Gasteiger partial charge in [0.2, 0.25) is 0 Å². The number of aromatic nitrogens is 4. The van der Waals surface area contributed by atoms with Gasteiger partial charge in [0, 0.05) is 30.8 Å². The maximum absolute atomic E-state index is 13.9. The Hall–Kier alpha value is -2.90. The molecule has 0 radical (unpaired) electrons. The van der Waals surface area contributed by atoms with E-state index in [0.717, 1.165) is 11.5 Å². The van der Waals surface area contributed by atoms with Gasteiger partial charge in [0.05, 0.1) is 19.3 Å². The first-order chi connectivity index (χ1) is 13.0. The molecule has 0 saturated carbocycles. The third-order valence-electron chi connectivity index (χ3n) is 4.78. The van der Waals surface area contributed by atoms with Gasteiger partial charge in [-0.2, -0.15) is 5.10 Å². The van der Waals surface area contributed by atoms with Crippen LogP contribution in [-0.2, 0) is 13.1 Å². The smallest absolute Gasteiger partial charge is 0.279 e. The lowest BCUT2D eigenvalue weighted by Crippen LogP contribution is -2.41. The molecule has 1 aliphatic heterocycles. The van der Waals surface area contributed by atoms with E-state index in [1.165, 1.54) is 6.07 Å². The van der Waals surface area contributed by atoms with Crippen molar-refractivity contribution in [1.82, 2.24) is 19.2 Å². The molecule has 27 heavy (non-hydrogen) atoms. The predicted molar refractivity (Wildman–Crippen MR) is 100.0 cm³/mol. The highest BCUT2D eigenvalue weighted by Gasteiger charge is 2.23. The van der Waals surface area contributed by atoms with E-state index in [0.29, 0.717) is 37.6 Å². The molecule has 0 amide bonds. The van der Waals surface area contributed by atoms with Crippen molar-refractivity contribution in [3.05, 3.63) is 52.2 Å². The zero-order chi connectivity index (χ0) is 19.1. The van der Waals surface area contributed by atoms with E-state index in [1.54, 1.807) is 27.4 Å². The molecule has 1 aliphatic rings. The van der Waals surface area contributed by atoms with E-state index in [9.17, 15) is 9.18 Å². The van der Waals surface area contributed by atoms with E-state index in [-0.39, 0.29) is 23.0 Å². The lowest BCUT2D eigenvalue weighted by Gasteiger charge is -2.31. The summed E-state index contributed by atoms with van der Waals surface area (Å²) in [6, 6.07) is 4.83. The van der Waals surface area contributed by atoms with Crippen LogP contribution in [0.3, 0.4) is 0 Å². The number of benzene rings is 1. The molecule has 8 heteroatoms. The van der Waals surface area contributed by atoms with E-state index in [1.807, 2.05) is 20.8 Å². The number of anilines is 1. The minimum atomic E-state index is -0.381. The highest BCUT2D eigenvalue weighted by atomic mass is 19.1. The van der Waals surface area contributed by atoms with Crippen LogP contribution in [0.1, 0.15) is 38.3 Å². The number of imidazole rings is 1. The minimum absolute atomic E-state index is 0.0758. The highest BCUT2D eigenvalue weighted by molar-refractivity contribution is 5.52. The Morgan fingerprint density at radius 2 is 2.11 bits per heavy atom. The van der Waals surface area contributed by atoms with Gasteiger partial charge in [-0.1, -0.05) is 13.8 Å². The van der Waals surface area contributed by atoms with Crippen molar-refractivity contribution in [2.75, 3.05) is 18.1 Å². The van der Waals surface area contributed by atoms with Crippen LogP contribution in [0.2, 0.25) is 0 Å². The first kappa shape index (κ1) is 17.5. The first-order valence-corrected chi connectivity index (χ1v) is 9.14. The van der Waals surface area contributed by atoms with Crippen LogP contribution in [0, 0.1) is 5.82 Å². The maximum Gasteiger partial charge on any atom is 0.279 e. The lowest BCUT2D eigenvalue weighted by atomic mass is 10.2. The van der Waals surface area contributed by atoms with Crippen LogP contribution < -0.4 is 15.2 Å². The third kappa shape index (κ3) is 2.94. The Balaban J connectivity index is 1.73. The fourth-order valence-electron chi connectivity index (χ4n) is 3.42. The predicted octanol–water partition coefficient (Wildman–Crippen LogP) is 2.57. The summed E-state index contributed by atoms with van der Waals surface area (Å²) in [6.07, 6.45) is 1.60. The van der Waals surface area contributed by atoms with Gasteiger partial charge in [0.15, 0.2) is 22.9 Å². The molecule has 0 unspecified atom stereocenters. The van der Waals surface area contributed by atoms with Crippen molar-refractivity contribution in [2.45, 2.75) is 39.8 Å². The topological polar surface area (TPSA) is 64.7 Å². The summed E-state index contributed by atoms with van der Waals surface area (Å²) >= 11 is 0. The molecule has 2 aromatic heterocycles. The summed E-state index contributed by atoms with van der Waals surface area (Å²) in [6.45, 7) is 7.87. The van der Waals surface area contributed by atoms with Crippen LogP contribution >= 0.6 is 0 Å². The summed E-state index contributed by atoms with van der Waals surface area (Å²) in [5.74, 6) is 1.45. The zero-order valence-electron chi connectivity index (χ0n) is 15.6. The molecule has 0 fully saturated rings. The number of ether oxygens (including phenoxy) is 1. The second-order valence-electron chi connectivity index (χ2n) is 6.91. The molecule has 0 spiro atoms. The Bertz CT molecular complexity index is 1060. The second-order valence-corrected chi connectivity index (χ2v) is 6.91. The number of fused-ring (bicyclic) bond motifs is 2. The fourth-order valence-corrected chi connectivity index (χ4v) is 3.42. The van der Waals surface area contributed by atoms with Crippen molar-refractivity contribution < 1.29 is 9.13 Å². The van der Waals surface area contributed by atoms with Gasteiger partial charge in [-0.05, 0) is 19.1 Å². The third-order valence-corrected chi connectivity index (χ3v) is 4.78. The van der Waals surface area contributed by atoms with Gasteiger partial charge in [0.25, 0.3) is 5.56 Å². The van der Waals surface area contributed by atoms with Crippen molar-refractivity contribution in [3.63, 3.8) is 0 Å². The number of rotatable bonds is 4. The van der Waals surface area contributed by atoms with Crippen LogP contribution in [0.25, 0.3) is 5.52 Å². The molecular formula is C19H22FN5O2. The lowest BCUT2D eigenvalue weighted by molar-refractivity contribution is 0.321. The van der Waals surface area contributed by atoms with Gasteiger partial charge in [-0.3, -0.25) is 9.36 Å². The summed E-state index contributed by atoms with van der Waals surface area (Å²) in [4.78, 5) is 19.2. The molecule has 3 aromatic rings. The van der Waals surface area contributed by atoms with Crippen molar-refractivity contribution in [3.8, 4) is 5.75 Å². The molecular weight excluding hydrogens is 349 g/mol. The monoisotopic (exact) mass is 371 g/mol. The van der Waals surface area contributed by atoms with Crippen molar-refractivity contribution in [2.24, 2.45) is 0 Å². The Labute approximate surface area is 156 Å². The van der Waals surface area contributed by atoms with Gasteiger partial charge in [0.1, 0.15) is 5.82 Å². The molecule has 7 nitrogen and oxygen atoms in total. The molecule has 0 N–H and O–H groups in total. The number of halogens is 1. The molecule has 0 aliphatic carbocycles. The number of hydrogen-bond donors (Lipinski definition) is 0. The Kier molecular flexibility index (Phi) is 4.33. The van der Waals surface area contributed by atoms with Crippen LogP contribution in [0.5, 0.6) is 5.75 Å². The average molecular weight is 371 g/mol. The number of nitrogens with zero attached hydrogens (tertiary/aromatic N) is 5. The first-order valence-electron chi connectivity index (χ1n) is 9.14. The largest absolute Gasteiger partial charge is 0.491 e. The second kappa shape index (κ2) is 6.68. The number of hydrogen-bond acceptors (Lipinski definition) is 5. The molecule has 142 valence electrons. The SMILES string of the molecule is CCOc1cc(N2CCn3c(nn4c(C(C)C)ncc4c3=O)C2)ccc1F. The summed E-state index contributed by atoms with van der Waals surface area (Å²) < 4.78 is 22.6. The highest BCUT2D eigenvalue weighted by Crippen LogP contribution is 2.27. The molecule has 0 atom stereocenters. The van der Waals surface area contributed by atoms with E-state index in [2.05, 4.69) is 15.0 Å². The van der Waals surface area contributed by atoms with E-state index in [4.69, 9.17) is 4.74 Å². The van der Waals surface area contributed by atoms with Gasteiger partial charge < -0.3 is 9.64 Å². The Morgan fingerprint density at radius 1 is 1.30 bits per heavy atom. The van der Waals surface area contributed by atoms with Gasteiger partial charge in [-0.25, -0.2) is 13.9 Å². The minimum Gasteiger partial charge on any atom is -0.491 e.